The molecule has 5 saturated heterocycles. The number of aliphatic hydroxyl groups excluding tert-OH is 1. The zero-order valence-electron chi connectivity index (χ0n) is 26.1. The predicted molar refractivity (Wildman–Crippen MR) is 178 cm³/mol. The first-order valence-corrected chi connectivity index (χ1v) is 18.6. The number of rotatable bonds is 1. The van der Waals surface area contributed by atoms with Gasteiger partial charge in [-0.3, -0.25) is 42.5 Å². The second kappa shape index (κ2) is 12.7. The molecule has 9 N–H and O–H groups in total. The molecule has 9 aliphatic rings. The van der Waals surface area contributed by atoms with Crippen LogP contribution in [0.5, 0.6) is 0 Å². The molecule has 4 saturated carbocycles. The third kappa shape index (κ3) is 5.30. The molecule has 5 heterocycles. The molecule has 17 atom stereocenters. The van der Waals surface area contributed by atoms with Crippen LogP contribution in [0.2, 0.25) is 0 Å². The Balaban J connectivity index is 0.00000289. The van der Waals surface area contributed by atoms with Crippen molar-refractivity contribution in [1.29, 1.82) is 0 Å². The van der Waals surface area contributed by atoms with Crippen molar-refractivity contribution in [1.82, 2.24) is 42.5 Å². The van der Waals surface area contributed by atoms with E-state index >= 15 is 0 Å². The normalized spacial score (nSPS) is 54.8. The second-order valence-corrected chi connectivity index (χ2v) is 16.3. The summed E-state index contributed by atoms with van der Waals surface area (Å²) in [6.45, 7) is 4.10. The van der Waals surface area contributed by atoms with Gasteiger partial charge in [0.2, 0.25) is 0 Å². The first-order chi connectivity index (χ1) is 21.1. The van der Waals surface area contributed by atoms with Gasteiger partial charge in [0.05, 0.1) is 55.1 Å². The first-order valence-electron chi connectivity index (χ1n) is 18.6. The van der Waals surface area contributed by atoms with Crippen molar-refractivity contribution in [3.05, 3.63) is 12.3 Å². The van der Waals surface area contributed by atoms with Gasteiger partial charge in [0.25, 0.3) is 0 Å². The summed E-state index contributed by atoms with van der Waals surface area (Å²) in [5, 5.41) is 44.3. The summed E-state index contributed by atoms with van der Waals surface area (Å²) in [6, 6.07) is 0. The van der Waals surface area contributed by atoms with E-state index in [0.29, 0.717) is 83.9 Å². The quantitative estimate of drug-likeness (QED) is 0.152. The van der Waals surface area contributed by atoms with E-state index in [1.165, 1.54) is 89.9 Å². The van der Waals surface area contributed by atoms with Gasteiger partial charge in [-0.1, -0.05) is 51.5 Å². The Morgan fingerprint density at radius 2 is 0.659 bits per heavy atom. The van der Waals surface area contributed by atoms with Crippen LogP contribution in [0.15, 0.2) is 12.3 Å². The van der Waals surface area contributed by atoms with Gasteiger partial charge >= 0.3 is 19.8 Å². The molecule has 0 radical (unpaired) electrons. The molecule has 246 valence electrons. The summed E-state index contributed by atoms with van der Waals surface area (Å²) < 4.78 is 0. The van der Waals surface area contributed by atoms with Crippen molar-refractivity contribution >= 4 is 19.8 Å². The standard InChI is InChI=1S/C34H58N8O.Ga.3H/c1-17(43)18-15-8-16-25-26(18)34-41-32-24-14-7-6-13-23(24)30(39-32)37-28-20-10-3-2-9-19(20)27(35-28)36-29-21-11-4-5-12-22(21)31(38-29)40-33(25)42-34;;;;/h18-43H,1-16H2;;;;. The molecule has 0 aromatic rings. The summed E-state index contributed by atoms with van der Waals surface area (Å²) >= 11 is 0. The van der Waals surface area contributed by atoms with Crippen molar-refractivity contribution in [2.45, 2.75) is 146 Å². The van der Waals surface area contributed by atoms with Crippen LogP contribution < -0.4 is 42.5 Å². The molecule has 8 bridgehead atoms. The van der Waals surface area contributed by atoms with Crippen LogP contribution in [0, 0.1) is 53.3 Å². The van der Waals surface area contributed by atoms with Gasteiger partial charge in [-0.05, 0) is 92.8 Å². The third-order valence-corrected chi connectivity index (χ3v) is 14.3. The van der Waals surface area contributed by atoms with E-state index in [9.17, 15) is 5.11 Å². The van der Waals surface area contributed by atoms with Crippen LogP contribution in [0.3, 0.4) is 0 Å². The summed E-state index contributed by atoms with van der Waals surface area (Å²) in [6.07, 6.45) is 22.0. The summed E-state index contributed by atoms with van der Waals surface area (Å²) in [7, 11) is 0. The third-order valence-electron chi connectivity index (χ3n) is 14.3. The van der Waals surface area contributed by atoms with Crippen LogP contribution in [0.25, 0.3) is 0 Å². The maximum atomic E-state index is 10.8. The van der Waals surface area contributed by atoms with Crippen LogP contribution in [0.1, 0.15) is 96.3 Å². The number of fused-ring (bicyclic) bond motifs is 20. The van der Waals surface area contributed by atoms with E-state index < -0.39 is 0 Å². The fourth-order valence-electron chi connectivity index (χ4n) is 12.4. The van der Waals surface area contributed by atoms with Crippen LogP contribution in [-0.2, 0) is 0 Å². The molecule has 0 spiro atoms. The number of allylic oxidation sites excluding steroid dienone is 1. The van der Waals surface area contributed by atoms with E-state index in [1.54, 1.807) is 0 Å². The van der Waals surface area contributed by atoms with Gasteiger partial charge in [0.15, 0.2) is 0 Å². The zero-order valence-corrected chi connectivity index (χ0v) is 26.1. The topological polar surface area (TPSA) is 116 Å². The fraction of sp³-hybridized carbons (Fsp3) is 0.941. The monoisotopic (exact) mass is 666 g/mol. The number of nitrogens with one attached hydrogen (secondary N) is 8. The zero-order chi connectivity index (χ0) is 28.7. The van der Waals surface area contributed by atoms with Crippen LogP contribution >= 0.6 is 0 Å². The predicted octanol–water partition coefficient (Wildman–Crippen LogP) is 1.72. The van der Waals surface area contributed by atoms with Crippen molar-refractivity contribution < 1.29 is 5.11 Å². The molecule has 9 rings (SSSR count). The Labute approximate surface area is 277 Å². The molecule has 9 fully saturated rings. The molecule has 0 amide bonds. The Kier molecular flexibility index (Phi) is 9.00. The van der Waals surface area contributed by atoms with Gasteiger partial charge in [-0.15, -0.1) is 0 Å². The van der Waals surface area contributed by atoms with Gasteiger partial charge in [0, 0.05) is 11.8 Å². The molecular formula is C34H61GaN8O. The van der Waals surface area contributed by atoms with Gasteiger partial charge < -0.3 is 5.11 Å². The van der Waals surface area contributed by atoms with Crippen molar-refractivity contribution in [2.75, 3.05) is 0 Å². The Morgan fingerprint density at radius 1 is 0.386 bits per heavy atom. The minimum atomic E-state index is 0. The van der Waals surface area contributed by atoms with E-state index in [2.05, 4.69) is 49.1 Å². The Morgan fingerprint density at radius 3 is 0.977 bits per heavy atom. The van der Waals surface area contributed by atoms with Gasteiger partial charge in [0.1, 0.15) is 0 Å². The molecule has 0 aromatic heterocycles. The maximum absolute atomic E-state index is 10.8. The van der Waals surface area contributed by atoms with Crippen LogP contribution in [-0.4, -0.2) is 74.2 Å². The van der Waals surface area contributed by atoms with E-state index in [4.69, 9.17) is 0 Å². The summed E-state index contributed by atoms with van der Waals surface area (Å²) in [5.74, 6) is 5.47. The van der Waals surface area contributed by atoms with E-state index in [0.717, 1.165) is 6.42 Å². The van der Waals surface area contributed by atoms with E-state index in [-0.39, 0.29) is 44.2 Å². The van der Waals surface area contributed by atoms with Crippen molar-refractivity contribution in [3.63, 3.8) is 0 Å². The fourth-order valence-corrected chi connectivity index (χ4v) is 12.4. The number of aliphatic hydroxyl groups is 1. The molecule has 17 unspecified atom stereocenters. The van der Waals surface area contributed by atoms with Crippen LogP contribution in [0.4, 0.5) is 0 Å². The van der Waals surface area contributed by atoms with Crippen molar-refractivity contribution in [3.8, 4) is 0 Å². The average Bonchev–Trinajstić information content (AvgIpc) is 3.76. The minimum absolute atomic E-state index is 0. The average molecular weight is 668 g/mol. The molecular weight excluding hydrogens is 606 g/mol. The Bertz CT molecular complexity index is 1050. The summed E-state index contributed by atoms with van der Waals surface area (Å²) in [5.41, 5.74) is 0. The first kappa shape index (κ1) is 31.1. The molecule has 44 heavy (non-hydrogen) atoms. The van der Waals surface area contributed by atoms with Gasteiger partial charge in [-0.25, -0.2) is 0 Å². The van der Waals surface area contributed by atoms with Gasteiger partial charge in [-0.2, -0.15) is 0 Å². The summed E-state index contributed by atoms with van der Waals surface area (Å²) in [4.78, 5) is 0. The Hall–Kier alpha value is -0.144. The number of hydrogen-bond acceptors (Lipinski definition) is 9. The molecule has 5 aliphatic heterocycles. The SMILES string of the molecule is C=C(O)C1CCCC2C3NC4NC(NC5NC(NC6NC(NC(N3)C12)C1CCCCC61)C1CCCCC51)C1CCCCC41.[GaH3]. The van der Waals surface area contributed by atoms with Crippen molar-refractivity contribution in [2.24, 2.45) is 53.3 Å². The molecule has 9 nitrogen and oxygen atoms in total. The molecule has 4 aliphatic carbocycles. The second-order valence-electron chi connectivity index (χ2n) is 16.3. The number of hydrogen-bond donors (Lipinski definition) is 9. The molecule has 0 aromatic carbocycles. The van der Waals surface area contributed by atoms with E-state index in [1.807, 2.05) is 0 Å². The molecule has 10 heteroatoms.